The van der Waals surface area contributed by atoms with Gasteiger partial charge in [-0.3, -0.25) is 5.43 Å². The third-order valence-electron chi connectivity index (χ3n) is 2.25. The van der Waals surface area contributed by atoms with Crippen molar-refractivity contribution in [1.82, 2.24) is 34.7 Å². The molecule has 3 N–H and O–H groups in total. The highest BCUT2D eigenvalue weighted by molar-refractivity contribution is 9.10. The van der Waals surface area contributed by atoms with Gasteiger partial charge in [0.1, 0.15) is 17.7 Å². The second kappa shape index (κ2) is 6.11. The number of halogens is 1. The number of nitrogens with zero attached hydrogens (tertiary/aromatic N) is 7. The molecule has 0 spiro atoms. The molecule has 0 fully saturated rings. The molecule has 0 aliphatic heterocycles. The molecule has 0 atom stereocenters. The molecular formula is C10H8BrN9S. The van der Waals surface area contributed by atoms with Crippen LogP contribution in [0, 0.1) is 0 Å². The van der Waals surface area contributed by atoms with Crippen LogP contribution >= 0.6 is 27.7 Å². The van der Waals surface area contributed by atoms with Crippen LogP contribution in [0.1, 0.15) is 0 Å². The van der Waals surface area contributed by atoms with Crippen LogP contribution in [-0.4, -0.2) is 34.7 Å². The molecule has 21 heavy (non-hydrogen) atoms. The van der Waals surface area contributed by atoms with E-state index in [1.165, 1.54) is 29.1 Å². The summed E-state index contributed by atoms with van der Waals surface area (Å²) < 4.78 is 2.32. The molecule has 3 rings (SSSR count). The van der Waals surface area contributed by atoms with Gasteiger partial charge >= 0.3 is 0 Å². The molecule has 3 aromatic rings. The number of aromatic nitrogens is 7. The normalized spacial score (nSPS) is 10.6. The second-order valence-electron chi connectivity index (χ2n) is 3.64. The number of nitrogen functional groups attached to an aromatic ring is 1. The lowest BCUT2D eigenvalue weighted by Crippen LogP contribution is -2.14. The van der Waals surface area contributed by atoms with Crippen molar-refractivity contribution >= 4 is 33.6 Å². The van der Waals surface area contributed by atoms with E-state index in [0.29, 0.717) is 11.1 Å². The molecule has 0 unspecified atom stereocenters. The van der Waals surface area contributed by atoms with Gasteiger partial charge in [0.05, 0.1) is 0 Å². The molecule has 0 aliphatic rings. The summed E-state index contributed by atoms with van der Waals surface area (Å²) in [5.74, 6) is 5.92. The van der Waals surface area contributed by atoms with E-state index in [1.54, 1.807) is 6.20 Å². The van der Waals surface area contributed by atoms with Gasteiger partial charge in [0, 0.05) is 10.7 Å². The summed E-state index contributed by atoms with van der Waals surface area (Å²) in [7, 11) is 0. The van der Waals surface area contributed by atoms with Gasteiger partial charge in [-0.1, -0.05) is 0 Å². The molecular weight excluding hydrogens is 358 g/mol. The van der Waals surface area contributed by atoms with Gasteiger partial charge in [0.25, 0.3) is 5.95 Å². The highest BCUT2D eigenvalue weighted by Gasteiger charge is 2.10. The third kappa shape index (κ3) is 3.32. The molecule has 3 aromatic heterocycles. The van der Waals surface area contributed by atoms with Crippen LogP contribution in [0.2, 0.25) is 0 Å². The van der Waals surface area contributed by atoms with E-state index in [2.05, 4.69) is 51.4 Å². The largest absolute Gasteiger partial charge is 0.292 e. The molecule has 106 valence electrons. The van der Waals surface area contributed by atoms with Crippen LogP contribution in [0.4, 0.5) is 5.95 Å². The highest BCUT2D eigenvalue weighted by Crippen LogP contribution is 2.24. The zero-order valence-electron chi connectivity index (χ0n) is 10.4. The Balaban J connectivity index is 1.94. The number of hydrogen-bond donors (Lipinski definition) is 2. The first-order chi connectivity index (χ1) is 10.2. The Morgan fingerprint density at radius 2 is 2.14 bits per heavy atom. The number of anilines is 1. The van der Waals surface area contributed by atoms with Crippen LogP contribution in [0.15, 0.2) is 45.6 Å². The van der Waals surface area contributed by atoms with E-state index >= 15 is 0 Å². The Morgan fingerprint density at radius 1 is 1.24 bits per heavy atom. The van der Waals surface area contributed by atoms with Crippen molar-refractivity contribution in [2.24, 2.45) is 5.84 Å². The van der Waals surface area contributed by atoms with Crippen LogP contribution in [0.25, 0.3) is 5.95 Å². The molecule has 0 saturated carbocycles. The van der Waals surface area contributed by atoms with E-state index in [4.69, 9.17) is 5.84 Å². The minimum Gasteiger partial charge on any atom is -0.292 e. The summed E-state index contributed by atoms with van der Waals surface area (Å²) in [6, 6.07) is 3.74. The molecule has 3 heterocycles. The summed E-state index contributed by atoms with van der Waals surface area (Å²) in [5, 5.41) is 5.16. The van der Waals surface area contributed by atoms with Crippen LogP contribution < -0.4 is 11.3 Å². The van der Waals surface area contributed by atoms with Gasteiger partial charge in [0.15, 0.2) is 0 Å². The average Bonchev–Trinajstić information content (AvgIpc) is 3.04. The standard InChI is InChI=1S/C10H8BrN9S/c11-6-1-2-7(14-3-6)21-10-17-8(19-12)16-9(18-10)20-5-13-4-15-20/h1-5H,12H2,(H,16,17,18,19). The maximum Gasteiger partial charge on any atom is 0.257 e. The van der Waals surface area contributed by atoms with Crippen LogP contribution in [-0.2, 0) is 0 Å². The molecule has 0 bridgehead atoms. The third-order valence-corrected chi connectivity index (χ3v) is 3.54. The minimum absolute atomic E-state index is 0.232. The fourth-order valence-electron chi connectivity index (χ4n) is 1.39. The number of pyridine rings is 1. The Morgan fingerprint density at radius 3 is 2.81 bits per heavy atom. The monoisotopic (exact) mass is 365 g/mol. The topological polar surface area (TPSA) is 120 Å². The smallest absolute Gasteiger partial charge is 0.257 e. The molecule has 0 amide bonds. The van der Waals surface area contributed by atoms with Crippen molar-refractivity contribution in [3.05, 3.63) is 35.5 Å². The zero-order chi connectivity index (χ0) is 14.7. The molecule has 0 aromatic carbocycles. The first-order valence-electron chi connectivity index (χ1n) is 5.62. The van der Waals surface area contributed by atoms with Crippen LogP contribution in [0.3, 0.4) is 0 Å². The Labute approximate surface area is 131 Å². The quantitative estimate of drug-likeness (QED) is 0.515. The van der Waals surface area contributed by atoms with Crippen molar-refractivity contribution in [1.29, 1.82) is 0 Å². The zero-order valence-corrected chi connectivity index (χ0v) is 12.8. The fraction of sp³-hybridized carbons (Fsp3) is 0. The van der Waals surface area contributed by atoms with Gasteiger partial charge in [0.2, 0.25) is 11.1 Å². The highest BCUT2D eigenvalue weighted by atomic mass is 79.9. The van der Waals surface area contributed by atoms with Gasteiger partial charge in [-0.05, 0) is 39.8 Å². The summed E-state index contributed by atoms with van der Waals surface area (Å²) in [6.45, 7) is 0. The van der Waals surface area contributed by atoms with Crippen molar-refractivity contribution in [2.75, 3.05) is 5.43 Å². The summed E-state index contributed by atoms with van der Waals surface area (Å²) >= 11 is 4.62. The lowest BCUT2D eigenvalue weighted by Gasteiger charge is -2.05. The van der Waals surface area contributed by atoms with Crippen molar-refractivity contribution < 1.29 is 0 Å². The molecule has 11 heteroatoms. The molecule has 0 saturated heterocycles. The summed E-state index contributed by atoms with van der Waals surface area (Å²) in [6.07, 6.45) is 4.58. The summed E-state index contributed by atoms with van der Waals surface area (Å²) in [4.78, 5) is 20.7. The lowest BCUT2D eigenvalue weighted by atomic mass is 10.5. The fourth-order valence-corrected chi connectivity index (χ4v) is 2.31. The average molecular weight is 366 g/mol. The molecule has 9 nitrogen and oxygen atoms in total. The summed E-state index contributed by atoms with van der Waals surface area (Å²) in [5.41, 5.74) is 2.40. The predicted octanol–water partition coefficient (Wildman–Crippen LogP) is 1.05. The predicted molar refractivity (Wildman–Crippen MR) is 78.6 cm³/mol. The maximum atomic E-state index is 5.38. The van der Waals surface area contributed by atoms with E-state index in [9.17, 15) is 0 Å². The molecule has 0 radical (unpaired) electrons. The Bertz CT molecular complexity index is 731. The van der Waals surface area contributed by atoms with Crippen molar-refractivity contribution in [3.8, 4) is 5.95 Å². The van der Waals surface area contributed by atoms with Crippen LogP contribution in [0.5, 0.6) is 0 Å². The minimum atomic E-state index is 0.232. The molecule has 0 aliphatic carbocycles. The van der Waals surface area contributed by atoms with E-state index < -0.39 is 0 Å². The maximum absolute atomic E-state index is 5.38. The van der Waals surface area contributed by atoms with E-state index in [1.807, 2.05) is 12.1 Å². The lowest BCUT2D eigenvalue weighted by molar-refractivity contribution is 0.759. The van der Waals surface area contributed by atoms with Crippen molar-refractivity contribution in [3.63, 3.8) is 0 Å². The Hall–Kier alpha value is -2.11. The Kier molecular flexibility index (Phi) is 4.03. The van der Waals surface area contributed by atoms with Crippen molar-refractivity contribution in [2.45, 2.75) is 10.2 Å². The van der Waals surface area contributed by atoms with Gasteiger partial charge in [-0.25, -0.2) is 15.8 Å². The number of nitrogens with one attached hydrogen (secondary N) is 1. The first-order valence-corrected chi connectivity index (χ1v) is 7.22. The van der Waals surface area contributed by atoms with Gasteiger partial charge in [-0.15, -0.1) is 0 Å². The first kappa shape index (κ1) is 13.9. The van der Waals surface area contributed by atoms with E-state index in [0.717, 1.165) is 9.50 Å². The number of nitrogens with two attached hydrogens (primary N) is 1. The van der Waals surface area contributed by atoms with E-state index in [-0.39, 0.29) is 5.95 Å². The van der Waals surface area contributed by atoms with Gasteiger partial charge in [-0.2, -0.15) is 24.7 Å². The number of hydrogen-bond acceptors (Lipinski definition) is 9. The van der Waals surface area contributed by atoms with Gasteiger partial charge < -0.3 is 0 Å². The number of hydrazine groups is 1. The second-order valence-corrected chi connectivity index (χ2v) is 5.55. The SMILES string of the molecule is NNc1nc(Sc2ccc(Br)cn2)nc(-n2cncn2)n1. The number of rotatable bonds is 4.